The van der Waals surface area contributed by atoms with Gasteiger partial charge in [-0.2, -0.15) is 0 Å². The fourth-order valence-electron chi connectivity index (χ4n) is 0.177. The number of nitrogens with one attached hydrogen (secondary N) is 1. The molecule has 0 unspecified atom stereocenters. The molecule has 0 radical (unpaired) electrons. The Morgan fingerprint density at radius 2 is 1.62 bits per heavy atom. The summed E-state index contributed by atoms with van der Waals surface area (Å²) in [7, 11) is 2.09. The van der Waals surface area contributed by atoms with Crippen molar-refractivity contribution in [1.29, 1.82) is 0 Å². The molecule has 0 saturated carbocycles. The summed E-state index contributed by atoms with van der Waals surface area (Å²) in [5, 5.41) is 0. The van der Waals surface area contributed by atoms with Crippen molar-refractivity contribution in [2.45, 2.75) is 24.9 Å². The fraction of sp³-hybridized carbons (Fsp3) is 1.00. The van der Waals surface area contributed by atoms with Gasteiger partial charge in [0.05, 0.1) is 0 Å². The van der Waals surface area contributed by atoms with E-state index in [2.05, 4.69) is 31.1 Å². The topological polar surface area (TPSA) is 12.0 Å². The molecule has 0 aromatic rings. The molecule has 0 spiro atoms. The van der Waals surface area contributed by atoms with Crippen molar-refractivity contribution < 1.29 is 19.1 Å². The van der Waals surface area contributed by atoms with E-state index >= 15 is 0 Å². The quantitative estimate of drug-likeness (QED) is 0.713. The van der Waals surface area contributed by atoms with Gasteiger partial charge in [-0.05, 0) is 0 Å². The van der Waals surface area contributed by atoms with Crippen LogP contribution in [0.5, 0.6) is 0 Å². The van der Waals surface area contributed by atoms with Gasteiger partial charge in [0.2, 0.25) is 0 Å². The van der Waals surface area contributed by atoms with Crippen molar-refractivity contribution in [2.24, 2.45) is 0 Å². The number of hydrogen-bond donors (Lipinski definition) is 1. The number of hydrogen-bond acceptors (Lipinski definition) is 1. The predicted octanol–water partition coefficient (Wildman–Crippen LogP) is 2.39. The monoisotopic (exact) mass is 194 g/mol. The molecule has 0 atom stereocenters. The standard InChI is InChI=1S/C2H5.CH4N.3CH3.Zr/c2*1-2;;;;/h1H2,2H3;2H,1H3;3*1H3;/q;-1;;;;+1. The molecule has 0 amide bonds. The molecule has 0 saturated heterocycles. The second-order valence-electron chi connectivity index (χ2n) is 4.09. The summed E-state index contributed by atoms with van der Waals surface area (Å²) in [6.07, 6.45) is 0. The van der Waals surface area contributed by atoms with E-state index in [1.54, 1.807) is 0 Å². The van der Waals surface area contributed by atoms with E-state index in [0.29, 0.717) is 0 Å². The first-order chi connectivity index (χ1) is 3.39. The van der Waals surface area contributed by atoms with Crippen LogP contribution in [-0.2, 0) is 19.1 Å². The third-order valence-electron chi connectivity index (χ3n) is 2.16. The molecule has 0 aliphatic carbocycles. The second kappa shape index (κ2) is 2.23. The summed E-state index contributed by atoms with van der Waals surface area (Å²) < 4.78 is 12.1. The Morgan fingerprint density at radius 1 is 1.25 bits per heavy atom. The van der Waals surface area contributed by atoms with Gasteiger partial charge < -0.3 is 0 Å². The zero-order valence-corrected chi connectivity index (χ0v) is 9.17. The molecule has 0 aromatic heterocycles. The Morgan fingerprint density at radius 3 is 1.62 bits per heavy atom. The normalized spacial score (nSPS) is 17.4. The van der Waals surface area contributed by atoms with Crippen molar-refractivity contribution in [2.75, 3.05) is 7.05 Å². The van der Waals surface area contributed by atoms with Crippen LogP contribution < -0.4 is 3.26 Å². The van der Waals surface area contributed by atoms with Gasteiger partial charge in [0.25, 0.3) is 0 Å². The van der Waals surface area contributed by atoms with Crippen LogP contribution in [0.1, 0.15) is 6.92 Å². The molecular formula is C6H18NZr. The summed E-state index contributed by atoms with van der Waals surface area (Å²) >= 11 is -2.13. The molecule has 0 rings (SSSR count). The summed E-state index contributed by atoms with van der Waals surface area (Å²) in [4.78, 5) is 0. The average Bonchev–Trinajstić information content (AvgIpc) is 1.68. The zero-order valence-electron chi connectivity index (χ0n) is 6.71. The maximum absolute atomic E-state index is 3.48. The van der Waals surface area contributed by atoms with E-state index in [-0.39, 0.29) is 0 Å². The summed E-state index contributed by atoms with van der Waals surface area (Å²) in [6.45, 7) is 2.28. The van der Waals surface area contributed by atoms with Gasteiger partial charge in [0.1, 0.15) is 0 Å². The molecule has 8 heavy (non-hydrogen) atoms. The van der Waals surface area contributed by atoms with Crippen LogP contribution in [0, 0.1) is 0 Å². The van der Waals surface area contributed by atoms with Crippen molar-refractivity contribution >= 4 is 0 Å². The molecule has 0 aliphatic rings. The van der Waals surface area contributed by atoms with E-state index in [1.165, 1.54) is 4.13 Å². The molecule has 1 nitrogen and oxygen atoms in total. The Labute approximate surface area is 54.4 Å². The molecule has 51 valence electrons. The van der Waals surface area contributed by atoms with Crippen LogP contribution in [0.25, 0.3) is 0 Å². The SMILES string of the molecule is C[CH2][Zr]([CH3])([CH3])([CH3])[NH]C. The third-order valence-corrected chi connectivity index (χ3v) is 12.8. The van der Waals surface area contributed by atoms with Crippen LogP contribution in [0.15, 0.2) is 0 Å². The Hall–Kier alpha value is 0.843. The molecule has 0 heterocycles. The van der Waals surface area contributed by atoms with Gasteiger partial charge in [0.15, 0.2) is 0 Å². The van der Waals surface area contributed by atoms with Crippen LogP contribution in [-0.4, -0.2) is 7.05 Å². The van der Waals surface area contributed by atoms with Crippen molar-refractivity contribution in [3.63, 3.8) is 0 Å². The summed E-state index contributed by atoms with van der Waals surface area (Å²) in [5.74, 6) is 0. The van der Waals surface area contributed by atoms with Gasteiger partial charge in [-0.1, -0.05) is 0 Å². The molecule has 0 aliphatic heterocycles. The minimum atomic E-state index is -2.13. The van der Waals surface area contributed by atoms with Crippen LogP contribution in [0.2, 0.25) is 18.0 Å². The van der Waals surface area contributed by atoms with E-state index < -0.39 is 19.1 Å². The van der Waals surface area contributed by atoms with Gasteiger partial charge in [0, 0.05) is 0 Å². The van der Waals surface area contributed by atoms with E-state index in [9.17, 15) is 0 Å². The molecular weight excluding hydrogens is 177 g/mol. The second-order valence-corrected chi connectivity index (χ2v) is 24.2. The third kappa shape index (κ3) is 2.99. The van der Waals surface area contributed by atoms with Gasteiger partial charge in [-0.15, -0.1) is 0 Å². The summed E-state index contributed by atoms with van der Waals surface area (Å²) in [5.41, 5.74) is 0. The van der Waals surface area contributed by atoms with E-state index in [4.69, 9.17) is 0 Å². The Balaban J connectivity index is 3.99. The molecule has 0 fully saturated rings. The minimum absolute atomic E-state index is 1.36. The van der Waals surface area contributed by atoms with Crippen LogP contribution >= 0.6 is 0 Å². The Kier molecular flexibility index (Phi) is 2.46. The average molecular weight is 195 g/mol. The molecule has 2 heteroatoms. The van der Waals surface area contributed by atoms with Gasteiger partial charge in [-0.25, -0.2) is 0 Å². The van der Waals surface area contributed by atoms with E-state index in [1.807, 2.05) is 0 Å². The fourth-order valence-corrected chi connectivity index (χ4v) is 1.05. The maximum atomic E-state index is 3.48. The van der Waals surface area contributed by atoms with Crippen molar-refractivity contribution in [3.8, 4) is 0 Å². The zero-order chi connectivity index (χ0) is 6.86. The number of rotatable bonds is 2. The first-order valence-electron chi connectivity index (χ1n) is 3.31. The van der Waals surface area contributed by atoms with Crippen molar-refractivity contribution in [1.82, 2.24) is 3.26 Å². The predicted molar refractivity (Wildman–Crippen MR) is 37.1 cm³/mol. The van der Waals surface area contributed by atoms with Gasteiger partial charge >= 0.3 is 54.3 Å². The first kappa shape index (κ1) is 8.84. The van der Waals surface area contributed by atoms with Crippen molar-refractivity contribution in [3.05, 3.63) is 0 Å². The Bertz CT molecular complexity index is 72.3. The molecule has 0 bridgehead atoms. The van der Waals surface area contributed by atoms with Gasteiger partial charge in [-0.3, -0.25) is 0 Å². The van der Waals surface area contributed by atoms with Crippen LogP contribution in [0.3, 0.4) is 0 Å². The first-order valence-corrected chi connectivity index (χ1v) is 13.7. The van der Waals surface area contributed by atoms with E-state index in [0.717, 1.165) is 0 Å². The summed E-state index contributed by atoms with van der Waals surface area (Å²) in [6, 6.07) is 0. The molecule has 1 N–H and O–H groups in total. The molecule has 0 aromatic carbocycles. The van der Waals surface area contributed by atoms with Crippen LogP contribution in [0.4, 0.5) is 0 Å².